The highest BCUT2D eigenvalue weighted by atomic mass is 79.9. The second-order valence-electron chi connectivity index (χ2n) is 9.63. The molecule has 36 heavy (non-hydrogen) atoms. The summed E-state index contributed by atoms with van der Waals surface area (Å²) < 4.78 is 0.932. The van der Waals surface area contributed by atoms with E-state index in [2.05, 4.69) is 21.2 Å². The van der Waals surface area contributed by atoms with Gasteiger partial charge in [0.15, 0.2) is 0 Å². The second kappa shape index (κ2) is 7.91. The Labute approximate surface area is 226 Å². The molecule has 0 aromatic heterocycles. The van der Waals surface area contributed by atoms with Crippen molar-refractivity contribution in [2.24, 2.45) is 11.8 Å². The molecule has 3 aromatic rings. The van der Waals surface area contributed by atoms with Crippen LogP contribution in [0.5, 0.6) is 0 Å². The Kier molecular flexibility index (Phi) is 5.21. The molecule has 0 saturated carbocycles. The van der Waals surface area contributed by atoms with Gasteiger partial charge < -0.3 is 5.32 Å². The lowest BCUT2D eigenvalue weighted by Crippen LogP contribution is -2.57. The molecule has 1 heterocycles. The highest BCUT2D eigenvalue weighted by Gasteiger charge is 2.73. The van der Waals surface area contributed by atoms with Crippen LogP contribution in [-0.4, -0.2) is 29.2 Å². The molecule has 1 fully saturated rings. The van der Waals surface area contributed by atoms with Crippen LogP contribution in [0.15, 0.2) is 65.1 Å². The molecule has 4 aliphatic rings. The van der Waals surface area contributed by atoms with Gasteiger partial charge in [-0.25, -0.2) is 0 Å². The molecule has 0 spiro atoms. The van der Waals surface area contributed by atoms with Gasteiger partial charge in [-0.15, -0.1) is 23.2 Å². The van der Waals surface area contributed by atoms with Crippen molar-refractivity contribution < 1.29 is 14.4 Å². The summed E-state index contributed by atoms with van der Waals surface area (Å²) in [7, 11) is 0. The monoisotopic (exact) mass is 582 g/mol. The van der Waals surface area contributed by atoms with Crippen molar-refractivity contribution in [1.29, 1.82) is 0 Å². The summed E-state index contributed by atoms with van der Waals surface area (Å²) in [4.78, 5) is 39.2. The van der Waals surface area contributed by atoms with Gasteiger partial charge in [-0.3, -0.25) is 19.3 Å². The van der Waals surface area contributed by atoms with E-state index in [1.54, 1.807) is 6.07 Å². The molecule has 3 aromatic carbocycles. The minimum Gasteiger partial charge on any atom is -0.324 e. The van der Waals surface area contributed by atoms with Crippen LogP contribution in [0.25, 0.3) is 0 Å². The Morgan fingerprint density at radius 2 is 1.28 bits per heavy atom. The fourth-order valence-electron chi connectivity index (χ4n) is 6.14. The van der Waals surface area contributed by atoms with Crippen LogP contribution >= 0.6 is 39.1 Å². The van der Waals surface area contributed by atoms with E-state index in [4.69, 9.17) is 23.2 Å². The lowest BCUT2D eigenvalue weighted by molar-refractivity contribution is -0.142. The summed E-state index contributed by atoms with van der Waals surface area (Å²) in [6.45, 7) is 3.43. The Hall–Kier alpha value is -2.67. The van der Waals surface area contributed by atoms with Crippen molar-refractivity contribution in [2.45, 2.75) is 23.6 Å². The lowest BCUT2D eigenvalue weighted by Gasteiger charge is -2.54. The summed E-state index contributed by atoms with van der Waals surface area (Å²) in [6.07, 6.45) is 0. The van der Waals surface area contributed by atoms with Gasteiger partial charge in [0.2, 0.25) is 17.7 Å². The summed E-state index contributed by atoms with van der Waals surface area (Å²) >= 11 is 18.3. The van der Waals surface area contributed by atoms with Crippen molar-refractivity contribution in [1.82, 2.24) is 4.90 Å². The Morgan fingerprint density at radius 3 is 1.72 bits per heavy atom. The summed E-state index contributed by atoms with van der Waals surface area (Å²) in [5.74, 6) is -3.26. The molecule has 2 bridgehead atoms. The van der Waals surface area contributed by atoms with Gasteiger partial charge in [0, 0.05) is 10.2 Å². The molecule has 7 rings (SSSR count). The standard InChI is InChI=1S/C28H21BrCl2N2O3/c1-14-15(2)21(12-11-20(14)29)32-22(34)13-33-25(35)23-24(26(33)36)28(31)17-8-4-3-7-16(17)27(23,30)18-9-5-6-10-19(18)28/h3-12,23-24H,13H2,1-2H3,(H,32,34)/t23-,24-,27?,28?/m0/s1. The van der Waals surface area contributed by atoms with E-state index in [-0.39, 0.29) is 0 Å². The Bertz CT molecular complexity index is 1380. The van der Waals surface area contributed by atoms with Crippen LogP contribution in [0.4, 0.5) is 5.69 Å². The molecule has 3 aliphatic carbocycles. The van der Waals surface area contributed by atoms with Gasteiger partial charge in [0.05, 0.1) is 11.8 Å². The van der Waals surface area contributed by atoms with E-state index in [9.17, 15) is 14.4 Å². The van der Waals surface area contributed by atoms with Crippen LogP contribution in [0, 0.1) is 25.7 Å². The van der Waals surface area contributed by atoms with Crippen LogP contribution in [0.1, 0.15) is 33.4 Å². The van der Waals surface area contributed by atoms with Gasteiger partial charge in [-0.05, 0) is 59.4 Å². The summed E-state index contributed by atoms with van der Waals surface area (Å²) in [5, 5.41) is 2.85. The fourth-order valence-corrected chi connectivity index (χ4v) is 7.66. The number of imide groups is 1. The number of carbonyl (C=O) groups excluding carboxylic acids is 3. The lowest BCUT2D eigenvalue weighted by atomic mass is 9.54. The smallest absolute Gasteiger partial charge is 0.244 e. The Morgan fingerprint density at radius 1 is 0.833 bits per heavy atom. The third-order valence-corrected chi connectivity index (χ3v) is 10.1. The molecular weight excluding hydrogens is 563 g/mol. The SMILES string of the molecule is Cc1c(Br)ccc(NC(=O)CN2C(=O)[C@@H]3[C@@H](C2=O)C2(Cl)c4ccccc4C3(Cl)c3ccccc32)c1C. The quantitative estimate of drug-likeness (QED) is 0.322. The van der Waals surface area contributed by atoms with Gasteiger partial charge in [-0.1, -0.05) is 64.5 Å². The van der Waals surface area contributed by atoms with Crippen LogP contribution in [0.2, 0.25) is 0 Å². The molecule has 1 N–H and O–H groups in total. The number of anilines is 1. The molecule has 0 unspecified atom stereocenters. The zero-order valence-corrected chi connectivity index (χ0v) is 22.5. The van der Waals surface area contributed by atoms with E-state index < -0.39 is 45.9 Å². The molecule has 0 radical (unpaired) electrons. The van der Waals surface area contributed by atoms with Crippen molar-refractivity contribution in [2.75, 3.05) is 11.9 Å². The second-order valence-corrected chi connectivity index (χ2v) is 11.7. The van der Waals surface area contributed by atoms with E-state index in [0.29, 0.717) is 5.69 Å². The highest BCUT2D eigenvalue weighted by molar-refractivity contribution is 9.10. The molecule has 5 nitrogen and oxygen atoms in total. The third-order valence-electron chi connectivity index (χ3n) is 7.97. The first-order chi connectivity index (χ1) is 17.1. The third kappa shape index (κ3) is 2.86. The first-order valence-corrected chi connectivity index (χ1v) is 13.1. The molecule has 3 amide bonds. The van der Waals surface area contributed by atoms with Gasteiger partial charge in [0.25, 0.3) is 0 Å². The van der Waals surface area contributed by atoms with Gasteiger partial charge in [-0.2, -0.15) is 0 Å². The largest absolute Gasteiger partial charge is 0.324 e. The number of likely N-dealkylation sites (tertiary alicyclic amines) is 1. The van der Waals surface area contributed by atoms with Crippen LogP contribution < -0.4 is 5.32 Å². The maximum absolute atomic E-state index is 13.8. The zero-order valence-electron chi connectivity index (χ0n) is 19.4. The van der Waals surface area contributed by atoms with Crippen molar-refractivity contribution >= 4 is 62.5 Å². The normalized spacial score (nSPS) is 27.5. The van der Waals surface area contributed by atoms with E-state index >= 15 is 0 Å². The number of nitrogens with zero attached hydrogens (tertiary/aromatic N) is 1. The number of amides is 3. The predicted octanol–water partition coefficient (Wildman–Crippen LogP) is 5.60. The first-order valence-electron chi connectivity index (χ1n) is 11.6. The van der Waals surface area contributed by atoms with Crippen molar-refractivity contribution in [3.63, 3.8) is 0 Å². The molecule has 8 heteroatoms. The number of alkyl halides is 2. The molecule has 1 saturated heterocycles. The number of rotatable bonds is 3. The van der Waals surface area contributed by atoms with Crippen molar-refractivity contribution in [3.8, 4) is 0 Å². The van der Waals surface area contributed by atoms with Crippen molar-refractivity contribution in [3.05, 3.63) is 98.5 Å². The Balaban J connectivity index is 1.40. The minimum absolute atomic E-state index is 0.411. The number of benzene rings is 3. The number of halogens is 3. The molecule has 2 atom stereocenters. The molecule has 182 valence electrons. The van der Waals surface area contributed by atoms with Gasteiger partial charge >= 0.3 is 0 Å². The average molecular weight is 584 g/mol. The number of hydrogen-bond acceptors (Lipinski definition) is 3. The summed E-state index contributed by atoms with van der Waals surface area (Å²) in [6, 6.07) is 18.6. The molecule has 1 aliphatic heterocycles. The van der Waals surface area contributed by atoms with E-state index in [1.807, 2.05) is 68.4 Å². The molecular formula is C28H21BrCl2N2O3. The van der Waals surface area contributed by atoms with E-state index in [0.717, 1.165) is 42.8 Å². The highest BCUT2D eigenvalue weighted by Crippen LogP contribution is 2.69. The van der Waals surface area contributed by atoms with E-state index in [1.165, 1.54) is 0 Å². The number of carbonyl (C=O) groups is 3. The van der Waals surface area contributed by atoms with Crippen LogP contribution in [-0.2, 0) is 24.1 Å². The zero-order chi connectivity index (χ0) is 25.6. The number of nitrogens with one attached hydrogen (secondary N) is 1. The topological polar surface area (TPSA) is 66.5 Å². The number of hydrogen-bond donors (Lipinski definition) is 1. The average Bonchev–Trinajstić information content (AvgIpc) is 3.13. The fraction of sp³-hybridized carbons (Fsp3) is 0.250. The maximum Gasteiger partial charge on any atom is 0.244 e. The first kappa shape index (κ1) is 23.7. The minimum atomic E-state index is -1.26. The maximum atomic E-state index is 13.8. The predicted molar refractivity (Wildman–Crippen MR) is 142 cm³/mol. The summed E-state index contributed by atoms with van der Waals surface area (Å²) in [5.41, 5.74) is 5.44. The van der Waals surface area contributed by atoms with Gasteiger partial charge in [0.1, 0.15) is 16.3 Å². The van der Waals surface area contributed by atoms with Crippen LogP contribution in [0.3, 0.4) is 0 Å².